The van der Waals surface area contributed by atoms with Crippen LogP contribution in [0, 0.1) is 11.8 Å². The van der Waals surface area contributed by atoms with Gasteiger partial charge in [0.15, 0.2) is 5.60 Å². The molecule has 1 N–H and O–H groups in total. The van der Waals surface area contributed by atoms with Crippen molar-refractivity contribution in [1.29, 1.82) is 0 Å². The number of hydrogen-bond acceptors (Lipinski definition) is 1. The molecule has 1 nitrogen and oxygen atoms in total. The lowest BCUT2D eigenvalue weighted by Gasteiger charge is -2.32. The summed E-state index contributed by atoms with van der Waals surface area (Å²) in [7, 11) is 0. The molecular weight excluding hydrogens is 193 g/mol. The Bertz CT molecular complexity index is 198. The Labute approximate surface area is 82.3 Å². The van der Waals surface area contributed by atoms with Gasteiger partial charge in [0.05, 0.1) is 0 Å². The van der Waals surface area contributed by atoms with E-state index in [0.29, 0.717) is 19.3 Å². The van der Waals surface area contributed by atoms with Crippen molar-refractivity contribution in [3.05, 3.63) is 0 Å². The van der Waals surface area contributed by atoms with E-state index >= 15 is 0 Å². The fourth-order valence-electron chi connectivity index (χ4n) is 1.75. The Hall–Kier alpha value is -0.250. The average Bonchev–Trinajstić information content (AvgIpc) is 2.84. The Morgan fingerprint density at radius 1 is 1.36 bits per heavy atom. The Kier molecular flexibility index (Phi) is 3.14. The number of rotatable bonds is 4. The van der Waals surface area contributed by atoms with Crippen LogP contribution in [0.3, 0.4) is 0 Å². The predicted molar refractivity (Wildman–Crippen MR) is 47.8 cm³/mol. The second-order valence-corrected chi connectivity index (χ2v) is 4.41. The topological polar surface area (TPSA) is 20.2 Å². The summed E-state index contributed by atoms with van der Waals surface area (Å²) in [6.45, 7) is 3.59. The molecule has 2 atom stereocenters. The molecule has 1 fully saturated rings. The zero-order chi connectivity index (χ0) is 11.0. The van der Waals surface area contributed by atoms with Crippen LogP contribution in [0.4, 0.5) is 13.2 Å². The molecule has 0 amide bonds. The van der Waals surface area contributed by atoms with Crippen molar-refractivity contribution in [2.24, 2.45) is 11.8 Å². The van der Waals surface area contributed by atoms with Gasteiger partial charge in [-0.1, -0.05) is 20.3 Å². The summed E-state index contributed by atoms with van der Waals surface area (Å²) in [4.78, 5) is 0. The molecule has 1 rings (SSSR count). The molecule has 0 spiro atoms. The second-order valence-electron chi connectivity index (χ2n) is 4.41. The maximum Gasteiger partial charge on any atom is 0.417 e. The summed E-state index contributed by atoms with van der Waals surface area (Å²) >= 11 is 0. The SMILES string of the molecule is CCC(C)CC(O)(C1CC1)C(F)(F)F. The van der Waals surface area contributed by atoms with Crippen molar-refractivity contribution in [3.8, 4) is 0 Å². The normalized spacial score (nSPS) is 24.4. The zero-order valence-electron chi connectivity index (χ0n) is 8.56. The monoisotopic (exact) mass is 210 g/mol. The van der Waals surface area contributed by atoms with Crippen LogP contribution < -0.4 is 0 Å². The van der Waals surface area contributed by atoms with Crippen molar-refractivity contribution < 1.29 is 18.3 Å². The fraction of sp³-hybridized carbons (Fsp3) is 1.00. The molecule has 84 valence electrons. The van der Waals surface area contributed by atoms with Crippen LogP contribution in [0.5, 0.6) is 0 Å². The maximum atomic E-state index is 12.6. The van der Waals surface area contributed by atoms with Gasteiger partial charge < -0.3 is 5.11 Å². The van der Waals surface area contributed by atoms with Crippen molar-refractivity contribution in [2.75, 3.05) is 0 Å². The molecule has 0 aromatic carbocycles. The third-order valence-electron chi connectivity index (χ3n) is 3.10. The standard InChI is InChI=1S/C10H17F3O/c1-3-7(2)6-9(14,8-4-5-8)10(11,12)13/h7-8,14H,3-6H2,1-2H3. The largest absolute Gasteiger partial charge is 0.417 e. The van der Waals surface area contributed by atoms with Crippen LogP contribution in [-0.2, 0) is 0 Å². The quantitative estimate of drug-likeness (QED) is 0.755. The van der Waals surface area contributed by atoms with Crippen LogP contribution in [0.2, 0.25) is 0 Å². The van der Waals surface area contributed by atoms with Crippen LogP contribution >= 0.6 is 0 Å². The van der Waals surface area contributed by atoms with Gasteiger partial charge in [-0.05, 0) is 31.1 Å². The molecule has 0 radical (unpaired) electrons. The van der Waals surface area contributed by atoms with Gasteiger partial charge in [0.1, 0.15) is 0 Å². The number of hydrogen-bond donors (Lipinski definition) is 1. The van der Waals surface area contributed by atoms with Crippen LogP contribution in [0.15, 0.2) is 0 Å². The second kappa shape index (κ2) is 3.72. The first-order valence-corrected chi connectivity index (χ1v) is 5.10. The molecule has 0 aromatic heterocycles. The molecular formula is C10H17F3O. The van der Waals surface area contributed by atoms with E-state index in [0.717, 1.165) is 0 Å². The first-order chi connectivity index (χ1) is 6.31. The molecule has 0 aromatic rings. The molecule has 4 heteroatoms. The lowest BCUT2D eigenvalue weighted by atomic mass is 9.85. The predicted octanol–water partition coefficient (Wildman–Crippen LogP) is 3.13. The molecule has 0 bridgehead atoms. The highest BCUT2D eigenvalue weighted by Gasteiger charge is 2.61. The number of aliphatic hydroxyl groups is 1. The number of alkyl halides is 3. The zero-order valence-corrected chi connectivity index (χ0v) is 8.56. The van der Waals surface area contributed by atoms with E-state index in [1.807, 2.05) is 6.92 Å². The minimum absolute atomic E-state index is 0.0813. The van der Waals surface area contributed by atoms with Crippen molar-refractivity contribution in [2.45, 2.75) is 51.3 Å². The molecule has 0 heterocycles. The van der Waals surface area contributed by atoms with Crippen LogP contribution in [-0.4, -0.2) is 16.9 Å². The molecule has 0 saturated heterocycles. The molecule has 0 aliphatic heterocycles. The van der Waals surface area contributed by atoms with E-state index < -0.39 is 17.7 Å². The Morgan fingerprint density at radius 2 is 1.86 bits per heavy atom. The highest BCUT2D eigenvalue weighted by Crippen LogP contribution is 2.51. The van der Waals surface area contributed by atoms with Crippen LogP contribution in [0.1, 0.15) is 39.5 Å². The van der Waals surface area contributed by atoms with Gasteiger partial charge in [0.2, 0.25) is 0 Å². The average molecular weight is 210 g/mol. The van der Waals surface area contributed by atoms with E-state index in [4.69, 9.17) is 0 Å². The highest BCUT2D eigenvalue weighted by atomic mass is 19.4. The summed E-state index contributed by atoms with van der Waals surface area (Å²) in [5.74, 6) is -0.640. The third-order valence-corrected chi connectivity index (χ3v) is 3.10. The van der Waals surface area contributed by atoms with E-state index in [1.165, 1.54) is 0 Å². The van der Waals surface area contributed by atoms with Gasteiger partial charge >= 0.3 is 6.18 Å². The summed E-state index contributed by atoms with van der Waals surface area (Å²) < 4.78 is 37.9. The van der Waals surface area contributed by atoms with Gasteiger partial charge in [0.25, 0.3) is 0 Å². The summed E-state index contributed by atoms with van der Waals surface area (Å²) in [5.41, 5.74) is -2.43. The fourth-order valence-corrected chi connectivity index (χ4v) is 1.75. The smallest absolute Gasteiger partial charge is 0.380 e. The van der Waals surface area contributed by atoms with Crippen LogP contribution in [0.25, 0.3) is 0 Å². The first kappa shape index (κ1) is 11.8. The molecule has 1 aliphatic carbocycles. The summed E-state index contributed by atoms with van der Waals surface area (Å²) in [6, 6.07) is 0. The lowest BCUT2D eigenvalue weighted by Crippen LogP contribution is -2.48. The Balaban J connectivity index is 2.71. The highest BCUT2D eigenvalue weighted by molar-refractivity contribution is 5.00. The van der Waals surface area contributed by atoms with E-state index in [-0.39, 0.29) is 12.3 Å². The van der Waals surface area contributed by atoms with Crippen molar-refractivity contribution in [3.63, 3.8) is 0 Å². The third kappa shape index (κ3) is 2.22. The lowest BCUT2D eigenvalue weighted by molar-refractivity contribution is -0.274. The number of halogens is 3. The van der Waals surface area contributed by atoms with Crippen molar-refractivity contribution in [1.82, 2.24) is 0 Å². The van der Waals surface area contributed by atoms with Gasteiger partial charge in [-0.3, -0.25) is 0 Å². The molecule has 1 saturated carbocycles. The van der Waals surface area contributed by atoms with E-state index in [2.05, 4.69) is 0 Å². The molecule has 14 heavy (non-hydrogen) atoms. The van der Waals surface area contributed by atoms with Gasteiger partial charge in [0, 0.05) is 0 Å². The maximum absolute atomic E-state index is 12.6. The molecule has 1 aliphatic rings. The Morgan fingerprint density at radius 3 is 2.14 bits per heavy atom. The van der Waals surface area contributed by atoms with Crippen molar-refractivity contribution >= 4 is 0 Å². The summed E-state index contributed by atoms with van der Waals surface area (Å²) in [6.07, 6.45) is -2.95. The summed E-state index contributed by atoms with van der Waals surface area (Å²) in [5, 5.41) is 9.66. The van der Waals surface area contributed by atoms with Gasteiger partial charge in [-0.2, -0.15) is 13.2 Å². The van der Waals surface area contributed by atoms with Gasteiger partial charge in [-0.25, -0.2) is 0 Å². The van der Waals surface area contributed by atoms with E-state index in [9.17, 15) is 18.3 Å². The van der Waals surface area contributed by atoms with E-state index in [1.54, 1.807) is 6.92 Å². The minimum Gasteiger partial charge on any atom is -0.380 e. The van der Waals surface area contributed by atoms with Gasteiger partial charge in [-0.15, -0.1) is 0 Å². The molecule has 2 unspecified atom stereocenters. The minimum atomic E-state index is -4.47. The first-order valence-electron chi connectivity index (χ1n) is 5.10.